The van der Waals surface area contributed by atoms with Crippen LogP contribution in [-0.4, -0.2) is 7.11 Å². The van der Waals surface area contributed by atoms with Crippen molar-refractivity contribution in [3.63, 3.8) is 0 Å². The second kappa shape index (κ2) is 5.00. The molecule has 0 aliphatic heterocycles. The van der Waals surface area contributed by atoms with Gasteiger partial charge in [0.2, 0.25) is 0 Å². The van der Waals surface area contributed by atoms with Crippen LogP contribution in [0.2, 0.25) is 0 Å². The fourth-order valence-corrected chi connectivity index (χ4v) is 1.51. The molecule has 0 aromatic heterocycles. The molecule has 0 radical (unpaired) electrons. The van der Waals surface area contributed by atoms with Crippen molar-refractivity contribution in [2.45, 2.75) is 0 Å². The molecule has 18 heavy (non-hydrogen) atoms. The van der Waals surface area contributed by atoms with Crippen LogP contribution < -0.4 is 10.1 Å². The van der Waals surface area contributed by atoms with Crippen LogP contribution in [0.25, 0.3) is 0 Å². The van der Waals surface area contributed by atoms with Gasteiger partial charge in [-0.2, -0.15) is 0 Å². The van der Waals surface area contributed by atoms with E-state index >= 15 is 0 Å². The summed E-state index contributed by atoms with van der Waals surface area (Å²) in [7, 11) is 1.42. The minimum Gasteiger partial charge on any atom is -0.495 e. The molecule has 0 heterocycles. The van der Waals surface area contributed by atoms with Gasteiger partial charge < -0.3 is 10.1 Å². The first-order valence-corrected chi connectivity index (χ1v) is 5.16. The number of nitrogens with one attached hydrogen (secondary N) is 1. The second-order valence-electron chi connectivity index (χ2n) is 3.59. The Morgan fingerprint density at radius 3 is 2.22 bits per heavy atom. The summed E-state index contributed by atoms with van der Waals surface area (Å²) in [5.41, 5.74) is 0.309. The van der Waals surface area contributed by atoms with Gasteiger partial charge in [-0.05, 0) is 24.3 Å². The van der Waals surface area contributed by atoms with E-state index in [2.05, 4.69) is 5.32 Å². The van der Waals surface area contributed by atoms with Crippen molar-refractivity contribution in [3.8, 4) is 5.75 Å². The van der Waals surface area contributed by atoms with E-state index in [1.54, 1.807) is 0 Å². The lowest BCUT2D eigenvalue weighted by Gasteiger charge is -2.11. The fourth-order valence-electron chi connectivity index (χ4n) is 1.51. The van der Waals surface area contributed by atoms with Crippen LogP contribution in [-0.2, 0) is 0 Å². The minimum atomic E-state index is -0.763. The van der Waals surface area contributed by atoms with Crippen molar-refractivity contribution in [1.29, 1.82) is 0 Å². The average molecular weight is 253 g/mol. The van der Waals surface area contributed by atoms with Gasteiger partial charge in [-0.3, -0.25) is 0 Å². The number of rotatable bonds is 3. The molecule has 0 saturated heterocycles. The summed E-state index contributed by atoms with van der Waals surface area (Å²) in [6.45, 7) is 0. The predicted octanol–water partition coefficient (Wildman–Crippen LogP) is 3.86. The summed E-state index contributed by atoms with van der Waals surface area (Å²) < 4.78 is 44.3. The first-order chi connectivity index (χ1) is 8.60. The number of hydrogen-bond donors (Lipinski definition) is 1. The number of anilines is 2. The zero-order valence-corrected chi connectivity index (χ0v) is 9.51. The first kappa shape index (κ1) is 12.3. The molecular weight excluding hydrogens is 243 g/mol. The molecule has 94 valence electrons. The molecule has 0 amide bonds. The zero-order valence-electron chi connectivity index (χ0n) is 9.51. The van der Waals surface area contributed by atoms with Crippen LogP contribution >= 0.6 is 0 Å². The van der Waals surface area contributed by atoms with E-state index in [0.717, 1.165) is 12.1 Å². The van der Waals surface area contributed by atoms with Gasteiger partial charge in [0.1, 0.15) is 23.2 Å². The minimum absolute atomic E-state index is 0.0419. The number of benzene rings is 2. The van der Waals surface area contributed by atoms with Gasteiger partial charge in [-0.25, -0.2) is 13.2 Å². The van der Waals surface area contributed by atoms with Crippen LogP contribution in [0.3, 0.4) is 0 Å². The van der Waals surface area contributed by atoms with Crippen LogP contribution in [0.5, 0.6) is 5.75 Å². The summed E-state index contributed by atoms with van der Waals surface area (Å²) in [4.78, 5) is 0. The monoisotopic (exact) mass is 253 g/mol. The number of hydrogen-bond acceptors (Lipinski definition) is 2. The molecule has 0 saturated carbocycles. The van der Waals surface area contributed by atoms with Gasteiger partial charge in [0.05, 0.1) is 18.5 Å². The Morgan fingerprint density at radius 2 is 1.56 bits per heavy atom. The van der Waals surface area contributed by atoms with Gasteiger partial charge in [-0.15, -0.1) is 0 Å². The molecule has 2 aromatic carbocycles. The Morgan fingerprint density at radius 1 is 0.889 bits per heavy atom. The fraction of sp³-hybridized carbons (Fsp3) is 0.0769. The molecule has 0 aliphatic carbocycles. The highest BCUT2D eigenvalue weighted by Crippen LogP contribution is 2.29. The molecule has 2 nitrogen and oxygen atoms in total. The van der Waals surface area contributed by atoms with E-state index < -0.39 is 17.5 Å². The summed E-state index contributed by atoms with van der Waals surface area (Å²) in [6, 6.07) is 6.89. The second-order valence-corrected chi connectivity index (χ2v) is 3.59. The number of halogens is 3. The maximum atomic E-state index is 13.4. The van der Waals surface area contributed by atoms with E-state index in [1.807, 2.05) is 0 Å². The third-order valence-corrected chi connectivity index (χ3v) is 2.36. The SMILES string of the molecule is COc1ccc(F)cc1Nc1ccc(F)cc1F. The van der Waals surface area contributed by atoms with Crippen LogP contribution in [0.15, 0.2) is 36.4 Å². The Kier molecular flexibility index (Phi) is 3.41. The quantitative estimate of drug-likeness (QED) is 0.896. The maximum Gasteiger partial charge on any atom is 0.149 e. The van der Waals surface area contributed by atoms with Crippen molar-refractivity contribution in [3.05, 3.63) is 53.8 Å². The third kappa shape index (κ3) is 2.56. The van der Waals surface area contributed by atoms with Gasteiger partial charge >= 0.3 is 0 Å². The van der Waals surface area contributed by atoms with Crippen LogP contribution in [0.4, 0.5) is 24.5 Å². The Bertz CT molecular complexity index is 572. The van der Waals surface area contributed by atoms with Gasteiger partial charge in [-0.1, -0.05) is 0 Å². The standard InChI is InChI=1S/C13H10F3NO/c1-18-13-5-3-9(15)7-12(13)17-11-4-2-8(14)6-10(11)16/h2-7,17H,1H3. The van der Waals surface area contributed by atoms with E-state index in [-0.39, 0.29) is 11.4 Å². The van der Waals surface area contributed by atoms with Crippen molar-refractivity contribution in [1.82, 2.24) is 0 Å². The van der Waals surface area contributed by atoms with Crippen LogP contribution in [0, 0.1) is 17.5 Å². The van der Waals surface area contributed by atoms with Gasteiger partial charge in [0.25, 0.3) is 0 Å². The molecule has 0 spiro atoms. The lowest BCUT2D eigenvalue weighted by Crippen LogP contribution is -1.98. The molecule has 0 atom stereocenters. The van der Waals surface area contributed by atoms with Gasteiger partial charge in [0, 0.05) is 12.1 Å². The molecule has 2 rings (SSSR count). The van der Waals surface area contributed by atoms with E-state index in [4.69, 9.17) is 4.74 Å². The summed E-state index contributed by atoms with van der Waals surface area (Å²) >= 11 is 0. The first-order valence-electron chi connectivity index (χ1n) is 5.16. The number of methoxy groups -OCH3 is 1. The van der Waals surface area contributed by atoms with Gasteiger partial charge in [0.15, 0.2) is 0 Å². The van der Waals surface area contributed by atoms with Crippen LogP contribution in [0.1, 0.15) is 0 Å². The molecule has 1 N–H and O–H groups in total. The van der Waals surface area contributed by atoms with E-state index in [0.29, 0.717) is 5.75 Å². The smallest absolute Gasteiger partial charge is 0.149 e. The van der Waals surface area contributed by atoms with Crippen molar-refractivity contribution in [2.75, 3.05) is 12.4 Å². The highest BCUT2D eigenvalue weighted by Gasteiger charge is 2.08. The molecule has 0 bridgehead atoms. The topological polar surface area (TPSA) is 21.3 Å². The zero-order chi connectivity index (χ0) is 13.1. The molecule has 5 heteroatoms. The molecular formula is C13H10F3NO. The molecule has 0 fully saturated rings. The Balaban J connectivity index is 2.36. The predicted molar refractivity (Wildman–Crippen MR) is 62.6 cm³/mol. The summed E-state index contributed by atoms with van der Waals surface area (Å²) in [6.07, 6.45) is 0. The summed E-state index contributed by atoms with van der Waals surface area (Å²) in [5.74, 6) is -1.56. The van der Waals surface area contributed by atoms with Crippen molar-refractivity contribution in [2.24, 2.45) is 0 Å². The average Bonchev–Trinajstić information content (AvgIpc) is 2.33. The Hall–Kier alpha value is -2.17. The third-order valence-electron chi connectivity index (χ3n) is 2.36. The highest BCUT2D eigenvalue weighted by molar-refractivity contribution is 5.66. The molecule has 0 unspecified atom stereocenters. The normalized spacial score (nSPS) is 10.2. The molecule has 0 aliphatic rings. The lowest BCUT2D eigenvalue weighted by molar-refractivity contribution is 0.415. The van der Waals surface area contributed by atoms with E-state index in [9.17, 15) is 13.2 Å². The summed E-state index contributed by atoms with van der Waals surface area (Å²) in [5, 5.41) is 2.65. The Labute approximate surface area is 102 Å². The van der Waals surface area contributed by atoms with Crippen molar-refractivity contribution < 1.29 is 17.9 Å². The van der Waals surface area contributed by atoms with Crippen molar-refractivity contribution >= 4 is 11.4 Å². The highest BCUT2D eigenvalue weighted by atomic mass is 19.1. The largest absolute Gasteiger partial charge is 0.495 e. The lowest BCUT2D eigenvalue weighted by atomic mass is 10.2. The number of ether oxygens (including phenoxy) is 1. The van der Waals surface area contributed by atoms with E-state index in [1.165, 1.54) is 31.4 Å². The molecule has 2 aromatic rings. The maximum absolute atomic E-state index is 13.4.